The molecule has 0 amide bonds. The lowest BCUT2D eigenvalue weighted by Gasteiger charge is -2.20. The fourth-order valence-electron chi connectivity index (χ4n) is 1.95. The van der Waals surface area contributed by atoms with E-state index in [1.807, 2.05) is 12.3 Å². The molecule has 0 saturated heterocycles. The molecule has 0 spiro atoms. The number of alkyl halides is 3. The van der Waals surface area contributed by atoms with E-state index in [4.69, 9.17) is 0 Å². The molecule has 112 valence electrons. The molecule has 21 heavy (non-hydrogen) atoms. The number of aldehydes is 1. The number of thiazole rings is 1. The fourth-order valence-corrected chi connectivity index (χ4v) is 2.55. The van der Waals surface area contributed by atoms with Gasteiger partial charge in [-0.25, -0.2) is 4.98 Å². The largest absolute Gasteiger partial charge is 0.417 e. The van der Waals surface area contributed by atoms with E-state index >= 15 is 0 Å². The zero-order valence-corrected chi connectivity index (χ0v) is 12.3. The first-order valence-corrected chi connectivity index (χ1v) is 6.98. The van der Waals surface area contributed by atoms with Crippen molar-refractivity contribution in [1.29, 1.82) is 0 Å². The van der Waals surface area contributed by atoms with Crippen molar-refractivity contribution in [3.63, 3.8) is 0 Å². The lowest BCUT2D eigenvalue weighted by atomic mass is 10.1. The summed E-state index contributed by atoms with van der Waals surface area (Å²) >= 11 is 1.49. The predicted molar refractivity (Wildman–Crippen MR) is 75.8 cm³/mol. The summed E-state index contributed by atoms with van der Waals surface area (Å²) in [4.78, 5) is 16.7. The molecule has 0 unspecified atom stereocenters. The van der Waals surface area contributed by atoms with Crippen molar-refractivity contribution >= 4 is 23.3 Å². The molecular formula is C14H13F3N2OS. The van der Waals surface area contributed by atoms with Crippen molar-refractivity contribution < 1.29 is 18.0 Å². The van der Waals surface area contributed by atoms with E-state index < -0.39 is 11.7 Å². The van der Waals surface area contributed by atoms with Gasteiger partial charge in [-0.3, -0.25) is 4.79 Å². The molecular weight excluding hydrogens is 301 g/mol. The van der Waals surface area contributed by atoms with Gasteiger partial charge in [0.2, 0.25) is 0 Å². The van der Waals surface area contributed by atoms with Crippen LogP contribution in [0.4, 0.5) is 18.9 Å². The number of hydrogen-bond acceptors (Lipinski definition) is 4. The summed E-state index contributed by atoms with van der Waals surface area (Å²) in [7, 11) is 1.69. The van der Waals surface area contributed by atoms with Crippen LogP contribution in [0.3, 0.4) is 0 Å². The van der Waals surface area contributed by atoms with Crippen molar-refractivity contribution in [2.75, 3.05) is 11.9 Å². The van der Waals surface area contributed by atoms with Gasteiger partial charge in [-0.2, -0.15) is 13.2 Å². The van der Waals surface area contributed by atoms with E-state index in [-0.39, 0.29) is 11.8 Å². The fraction of sp³-hybridized carbons (Fsp3) is 0.286. The molecule has 0 bridgehead atoms. The van der Waals surface area contributed by atoms with Crippen LogP contribution in [0.15, 0.2) is 23.6 Å². The van der Waals surface area contributed by atoms with Gasteiger partial charge < -0.3 is 4.90 Å². The summed E-state index contributed by atoms with van der Waals surface area (Å²) in [6, 6.07) is 3.68. The SMILES string of the molecule is Cc1nc(CN(C)c2ccc(C=O)c(C(F)(F)F)c2)cs1. The van der Waals surface area contributed by atoms with Crippen molar-refractivity contribution in [2.45, 2.75) is 19.6 Å². The third-order valence-electron chi connectivity index (χ3n) is 2.98. The maximum atomic E-state index is 12.9. The standard InChI is InChI=1S/C14H13F3N2OS/c1-9-18-11(8-21-9)6-19(2)12-4-3-10(7-20)13(5-12)14(15,16)17/h3-5,7-8H,6H2,1-2H3. The van der Waals surface area contributed by atoms with Crippen molar-refractivity contribution in [3.8, 4) is 0 Å². The van der Waals surface area contributed by atoms with E-state index in [0.29, 0.717) is 12.2 Å². The molecule has 7 heteroatoms. The zero-order valence-electron chi connectivity index (χ0n) is 11.4. The molecule has 0 aliphatic rings. The normalized spacial score (nSPS) is 11.5. The van der Waals surface area contributed by atoms with Crippen LogP contribution in [0.25, 0.3) is 0 Å². The summed E-state index contributed by atoms with van der Waals surface area (Å²) < 4.78 is 38.8. The molecule has 0 fully saturated rings. The minimum absolute atomic E-state index is 0.219. The number of benzene rings is 1. The van der Waals surface area contributed by atoms with Crippen molar-refractivity contribution in [2.24, 2.45) is 0 Å². The van der Waals surface area contributed by atoms with Crippen LogP contribution in [0.1, 0.15) is 26.6 Å². The number of rotatable bonds is 4. The van der Waals surface area contributed by atoms with Gasteiger partial charge in [0.15, 0.2) is 6.29 Å². The zero-order chi connectivity index (χ0) is 15.6. The maximum absolute atomic E-state index is 12.9. The van der Waals surface area contributed by atoms with Crippen LogP contribution < -0.4 is 4.90 Å². The highest BCUT2D eigenvalue weighted by atomic mass is 32.1. The topological polar surface area (TPSA) is 33.2 Å². The van der Waals surface area contributed by atoms with Gasteiger partial charge in [-0.1, -0.05) is 0 Å². The summed E-state index contributed by atoms with van der Waals surface area (Å²) in [6.07, 6.45) is -4.33. The van der Waals surface area contributed by atoms with Gasteiger partial charge in [-0.05, 0) is 25.1 Å². The molecule has 2 rings (SSSR count). The van der Waals surface area contributed by atoms with Gasteiger partial charge in [0.25, 0.3) is 0 Å². The Morgan fingerprint density at radius 3 is 2.62 bits per heavy atom. The molecule has 2 aromatic rings. The molecule has 3 nitrogen and oxygen atoms in total. The van der Waals surface area contributed by atoms with Crippen LogP contribution in [-0.2, 0) is 12.7 Å². The summed E-state index contributed by atoms with van der Waals surface area (Å²) in [5, 5.41) is 2.78. The van der Waals surface area contributed by atoms with Crippen LogP contribution in [-0.4, -0.2) is 18.3 Å². The van der Waals surface area contributed by atoms with Gasteiger partial charge in [0.1, 0.15) is 0 Å². The molecule has 0 radical (unpaired) electrons. The van der Waals surface area contributed by atoms with Crippen LogP contribution in [0, 0.1) is 6.92 Å². The van der Waals surface area contributed by atoms with E-state index in [1.54, 1.807) is 11.9 Å². The minimum atomic E-state index is -4.55. The highest BCUT2D eigenvalue weighted by molar-refractivity contribution is 7.09. The van der Waals surface area contributed by atoms with E-state index in [1.165, 1.54) is 23.5 Å². The third kappa shape index (κ3) is 3.60. The minimum Gasteiger partial charge on any atom is -0.369 e. The Hall–Kier alpha value is -1.89. The Balaban J connectivity index is 2.29. The number of anilines is 1. The smallest absolute Gasteiger partial charge is 0.369 e. The predicted octanol–water partition coefficient (Wildman–Crippen LogP) is 3.92. The average molecular weight is 314 g/mol. The Morgan fingerprint density at radius 2 is 2.10 bits per heavy atom. The lowest BCUT2D eigenvalue weighted by molar-refractivity contribution is -0.137. The molecule has 0 saturated carbocycles. The van der Waals surface area contributed by atoms with E-state index in [0.717, 1.165) is 16.8 Å². The van der Waals surface area contributed by atoms with Gasteiger partial charge in [-0.15, -0.1) is 11.3 Å². The Labute approximate surface area is 124 Å². The first kappa shape index (κ1) is 15.5. The monoisotopic (exact) mass is 314 g/mol. The molecule has 1 aromatic carbocycles. The second-order valence-corrected chi connectivity index (χ2v) is 5.66. The van der Waals surface area contributed by atoms with Gasteiger partial charge in [0.05, 0.1) is 22.8 Å². The molecule has 0 aliphatic carbocycles. The van der Waals surface area contributed by atoms with Crippen molar-refractivity contribution in [3.05, 3.63) is 45.4 Å². The number of carbonyl (C=O) groups is 1. The number of nitrogens with zero attached hydrogens (tertiary/aromatic N) is 2. The van der Waals surface area contributed by atoms with Crippen LogP contribution in [0.5, 0.6) is 0 Å². The summed E-state index contributed by atoms with van der Waals surface area (Å²) in [5.74, 6) is 0. The third-order valence-corrected chi connectivity index (χ3v) is 3.80. The first-order chi connectivity index (χ1) is 9.81. The van der Waals surface area contributed by atoms with Crippen LogP contribution in [0.2, 0.25) is 0 Å². The van der Waals surface area contributed by atoms with Gasteiger partial charge >= 0.3 is 6.18 Å². The molecule has 1 aromatic heterocycles. The highest BCUT2D eigenvalue weighted by Gasteiger charge is 2.33. The molecule has 0 N–H and O–H groups in total. The number of carbonyl (C=O) groups excluding carboxylic acids is 1. The van der Waals surface area contributed by atoms with E-state index in [2.05, 4.69) is 4.98 Å². The number of hydrogen-bond donors (Lipinski definition) is 0. The second-order valence-electron chi connectivity index (χ2n) is 4.60. The molecule has 0 aliphatic heterocycles. The number of halogens is 3. The number of aryl methyl sites for hydroxylation is 1. The average Bonchev–Trinajstić information content (AvgIpc) is 2.82. The number of aromatic nitrogens is 1. The first-order valence-electron chi connectivity index (χ1n) is 6.10. The summed E-state index contributed by atoms with van der Waals surface area (Å²) in [6.45, 7) is 2.27. The lowest BCUT2D eigenvalue weighted by Crippen LogP contribution is -2.18. The molecule has 1 heterocycles. The van der Waals surface area contributed by atoms with Crippen molar-refractivity contribution in [1.82, 2.24) is 4.98 Å². The Morgan fingerprint density at radius 1 is 1.38 bits per heavy atom. The van der Waals surface area contributed by atoms with Gasteiger partial charge in [0, 0.05) is 23.7 Å². The second kappa shape index (κ2) is 5.85. The van der Waals surface area contributed by atoms with Crippen LogP contribution >= 0.6 is 11.3 Å². The molecule has 0 atom stereocenters. The van der Waals surface area contributed by atoms with E-state index in [9.17, 15) is 18.0 Å². The Kier molecular flexibility index (Phi) is 4.32. The quantitative estimate of drug-likeness (QED) is 0.802. The Bertz CT molecular complexity index is 652. The maximum Gasteiger partial charge on any atom is 0.417 e. The highest BCUT2D eigenvalue weighted by Crippen LogP contribution is 2.34. The summed E-state index contributed by atoms with van der Waals surface area (Å²) in [5.41, 5.74) is -0.0907.